The lowest BCUT2D eigenvalue weighted by Gasteiger charge is -2.21. The third kappa shape index (κ3) is 6.70. The summed E-state index contributed by atoms with van der Waals surface area (Å²) in [5, 5.41) is 4.01. The highest BCUT2D eigenvalue weighted by atomic mass is 35.5. The van der Waals surface area contributed by atoms with Gasteiger partial charge >= 0.3 is 0 Å². The number of nitrogens with one attached hydrogen (secondary N) is 1. The first kappa shape index (κ1) is 18.6. The van der Waals surface area contributed by atoms with Gasteiger partial charge < -0.3 is 10.1 Å². The Balaban J connectivity index is 1.55. The second-order valence-corrected chi connectivity index (χ2v) is 6.83. The lowest BCUT2D eigenvalue weighted by Crippen LogP contribution is -2.26. The molecule has 2 rings (SSSR count). The van der Waals surface area contributed by atoms with Crippen LogP contribution in [0, 0.1) is 0 Å². The van der Waals surface area contributed by atoms with E-state index in [4.69, 9.17) is 27.9 Å². The molecule has 0 bridgehead atoms. The molecule has 1 amide bonds. The largest absolute Gasteiger partial charge is 0.378 e. The van der Waals surface area contributed by atoms with Gasteiger partial charge in [0.2, 0.25) is 5.91 Å². The number of hydrogen-bond acceptors (Lipinski definition) is 2. The van der Waals surface area contributed by atoms with Crippen molar-refractivity contribution in [2.24, 2.45) is 0 Å². The highest BCUT2D eigenvalue weighted by Crippen LogP contribution is 2.26. The zero-order valence-corrected chi connectivity index (χ0v) is 15.0. The highest BCUT2D eigenvalue weighted by Gasteiger charge is 2.13. The quantitative estimate of drug-likeness (QED) is 0.679. The van der Waals surface area contributed by atoms with E-state index in [1.165, 1.54) is 32.1 Å². The maximum absolute atomic E-state index is 11.8. The van der Waals surface area contributed by atoms with Crippen LogP contribution < -0.4 is 5.32 Å². The molecule has 128 valence electrons. The van der Waals surface area contributed by atoms with Crippen LogP contribution in [0.2, 0.25) is 10.0 Å². The smallest absolute Gasteiger partial charge is 0.220 e. The Morgan fingerprint density at radius 3 is 2.78 bits per heavy atom. The summed E-state index contributed by atoms with van der Waals surface area (Å²) in [6, 6.07) is 5.50. The minimum absolute atomic E-state index is 0.0405. The van der Waals surface area contributed by atoms with Crippen molar-refractivity contribution in [3.05, 3.63) is 33.8 Å². The van der Waals surface area contributed by atoms with E-state index < -0.39 is 0 Å². The number of aryl methyl sites for hydroxylation is 1. The number of amides is 1. The molecule has 0 radical (unpaired) electrons. The van der Waals surface area contributed by atoms with Gasteiger partial charge in [-0.05, 0) is 37.3 Å². The van der Waals surface area contributed by atoms with Crippen LogP contribution in [0.3, 0.4) is 0 Å². The first-order chi connectivity index (χ1) is 11.2. The number of ether oxygens (including phenoxy) is 1. The molecule has 1 aliphatic rings. The van der Waals surface area contributed by atoms with E-state index in [2.05, 4.69) is 5.32 Å². The van der Waals surface area contributed by atoms with Crippen molar-refractivity contribution in [1.82, 2.24) is 5.32 Å². The Labute approximate surface area is 148 Å². The lowest BCUT2D eigenvalue weighted by molar-refractivity contribution is -0.121. The lowest BCUT2D eigenvalue weighted by atomic mass is 9.98. The molecule has 0 unspecified atom stereocenters. The third-order valence-corrected chi connectivity index (χ3v) is 5.06. The molecule has 1 fully saturated rings. The van der Waals surface area contributed by atoms with Gasteiger partial charge in [-0.15, -0.1) is 0 Å². The Morgan fingerprint density at radius 2 is 2.00 bits per heavy atom. The van der Waals surface area contributed by atoms with Crippen LogP contribution in [0.15, 0.2) is 18.2 Å². The Hall–Kier alpha value is -0.770. The monoisotopic (exact) mass is 357 g/mol. The molecule has 0 spiro atoms. The average Bonchev–Trinajstić information content (AvgIpc) is 2.57. The Bertz CT molecular complexity index is 502. The fourth-order valence-corrected chi connectivity index (χ4v) is 3.27. The first-order valence-electron chi connectivity index (χ1n) is 8.48. The molecule has 3 nitrogen and oxygen atoms in total. The van der Waals surface area contributed by atoms with E-state index in [1.807, 2.05) is 12.1 Å². The van der Waals surface area contributed by atoms with Crippen molar-refractivity contribution < 1.29 is 9.53 Å². The van der Waals surface area contributed by atoms with E-state index in [0.717, 1.165) is 18.6 Å². The zero-order valence-electron chi connectivity index (χ0n) is 13.5. The minimum atomic E-state index is 0.0405. The number of benzene rings is 1. The molecule has 1 N–H and O–H groups in total. The number of carbonyl (C=O) groups is 1. The predicted molar refractivity (Wildman–Crippen MR) is 95.2 cm³/mol. The summed E-state index contributed by atoms with van der Waals surface area (Å²) in [5.41, 5.74) is 0.912. The highest BCUT2D eigenvalue weighted by molar-refractivity contribution is 6.42. The van der Waals surface area contributed by atoms with Gasteiger partial charge in [-0.2, -0.15) is 0 Å². The molecule has 1 aromatic rings. The molecule has 0 aliphatic heterocycles. The normalized spacial score (nSPS) is 15.6. The fourth-order valence-electron chi connectivity index (χ4n) is 2.86. The van der Waals surface area contributed by atoms with Crippen molar-refractivity contribution >= 4 is 29.1 Å². The van der Waals surface area contributed by atoms with Gasteiger partial charge in [0.1, 0.15) is 0 Å². The Kier molecular flexibility index (Phi) is 8.21. The Morgan fingerprint density at radius 1 is 1.22 bits per heavy atom. The fraction of sp³-hybridized carbons (Fsp3) is 0.611. The van der Waals surface area contributed by atoms with Crippen LogP contribution in [-0.4, -0.2) is 25.2 Å². The maximum Gasteiger partial charge on any atom is 0.220 e. The maximum atomic E-state index is 11.8. The summed E-state index contributed by atoms with van der Waals surface area (Å²) in [4.78, 5) is 11.8. The van der Waals surface area contributed by atoms with Crippen LogP contribution >= 0.6 is 23.2 Å². The standard InChI is InChI=1S/C18H25Cl2NO2/c19-16-9-4-6-14(18(16)20)10-11-17(22)21-12-5-13-23-15-7-2-1-3-8-15/h4,6,9,15H,1-3,5,7-8,10-13H2,(H,21,22). The van der Waals surface area contributed by atoms with Gasteiger partial charge in [-0.25, -0.2) is 0 Å². The summed E-state index contributed by atoms with van der Waals surface area (Å²) >= 11 is 12.1. The summed E-state index contributed by atoms with van der Waals surface area (Å²) in [6.45, 7) is 1.39. The molecule has 0 heterocycles. The first-order valence-corrected chi connectivity index (χ1v) is 9.23. The van der Waals surface area contributed by atoms with Crippen molar-refractivity contribution in [3.63, 3.8) is 0 Å². The number of halogens is 2. The molecule has 0 aromatic heterocycles. The van der Waals surface area contributed by atoms with E-state index in [0.29, 0.717) is 35.5 Å². The van der Waals surface area contributed by atoms with Crippen molar-refractivity contribution in [2.75, 3.05) is 13.2 Å². The van der Waals surface area contributed by atoms with Crippen molar-refractivity contribution in [3.8, 4) is 0 Å². The van der Waals surface area contributed by atoms with Crippen molar-refractivity contribution in [1.29, 1.82) is 0 Å². The SMILES string of the molecule is O=C(CCc1cccc(Cl)c1Cl)NCCCOC1CCCCC1. The third-order valence-electron chi connectivity index (χ3n) is 4.20. The number of hydrogen-bond donors (Lipinski definition) is 1. The average molecular weight is 358 g/mol. The van der Waals surface area contributed by atoms with Crippen LogP contribution in [-0.2, 0) is 16.0 Å². The van der Waals surface area contributed by atoms with Gasteiger partial charge in [-0.3, -0.25) is 4.79 Å². The summed E-state index contributed by atoms with van der Waals surface area (Å²) in [5.74, 6) is 0.0405. The van der Waals surface area contributed by atoms with Crippen LogP contribution in [0.5, 0.6) is 0 Å². The number of carbonyl (C=O) groups excluding carboxylic acids is 1. The van der Waals surface area contributed by atoms with E-state index >= 15 is 0 Å². The van der Waals surface area contributed by atoms with E-state index in [1.54, 1.807) is 6.07 Å². The molecule has 5 heteroatoms. The van der Waals surface area contributed by atoms with Gasteiger partial charge in [0, 0.05) is 19.6 Å². The second-order valence-electron chi connectivity index (χ2n) is 6.05. The molecule has 0 atom stereocenters. The molecular formula is C18H25Cl2NO2. The second kappa shape index (κ2) is 10.2. The van der Waals surface area contributed by atoms with Crippen LogP contribution in [0.4, 0.5) is 0 Å². The molecule has 1 aromatic carbocycles. The van der Waals surface area contributed by atoms with E-state index in [-0.39, 0.29) is 5.91 Å². The molecule has 0 saturated heterocycles. The topological polar surface area (TPSA) is 38.3 Å². The van der Waals surface area contributed by atoms with Gasteiger partial charge in [0.15, 0.2) is 0 Å². The summed E-state index contributed by atoms with van der Waals surface area (Å²) in [7, 11) is 0. The molecule has 1 aliphatic carbocycles. The van der Waals surface area contributed by atoms with Gasteiger partial charge in [0.25, 0.3) is 0 Å². The van der Waals surface area contributed by atoms with Crippen molar-refractivity contribution in [2.45, 2.75) is 57.5 Å². The molecule has 1 saturated carbocycles. The minimum Gasteiger partial charge on any atom is -0.378 e. The molecular weight excluding hydrogens is 333 g/mol. The zero-order chi connectivity index (χ0) is 16.5. The van der Waals surface area contributed by atoms with Crippen LogP contribution in [0.1, 0.15) is 50.5 Å². The summed E-state index contributed by atoms with van der Waals surface area (Å²) in [6.07, 6.45) is 8.60. The van der Waals surface area contributed by atoms with Gasteiger partial charge in [-0.1, -0.05) is 54.6 Å². The van der Waals surface area contributed by atoms with Crippen LogP contribution in [0.25, 0.3) is 0 Å². The van der Waals surface area contributed by atoms with E-state index in [9.17, 15) is 4.79 Å². The molecule has 23 heavy (non-hydrogen) atoms. The predicted octanol–water partition coefficient (Wildman–Crippen LogP) is 4.78. The summed E-state index contributed by atoms with van der Waals surface area (Å²) < 4.78 is 5.84. The van der Waals surface area contributed by atoms with Gasteiger partial charge in [0.05, 0.1) is 16.1 Å². The number of rotatable bonds is 8.